The number of benzene rings is 2. The van der Waals surface area contributed by atoms with E-state index in [1.165, 1.54) is 6.33 Å². The summed E-state index contributed by atoms with van der Waals surface area (Å²) in [7, 11) is 2.13. The highest BCUT2D eigenvalue weighted by Crippen LogP contribution is 2.23. The molecule has 7 nitrogen and oxygen atoms in total. The zero-order valence-corrected chi connectivity index (χ0v) is 15.8. The van der Waals surface area contributed by atoms with Crippen LogP contribution in [-0.4, -0.2) is 52.2 Å². The van der Waals surface area contributed by atoms with Gasteiger partial charge in [-0.1, -0.05) is 18.2 Å². The van der Waals surface area contributed by atoms with Crippen molar-refractivity contribution in [1.82, 2.24) is 20.1 Å². The zero-order valence-electron chi connectivity index (χ0n) is 15.8. The molecule has 1 fully saturated rings. The predicted octanol–water partition coefficient (Wildman–Crippen LogP) is 3.20. The fraction of sp³-hybridized carbons (Fsp3) is 0.286. The van der Waals surface area contributed by atoms with Gasteiger partial charge in [-0.05, 0) is 50.2 Å². The highest BCUT2D eigenvalue weighted by molar-refractivity contribution is 6.08. The SMILES string of the molecule is CN1CCC(Oc2ccc(NC(=O)c3ccccc3-c3ncn[nH]3)cc2)CC1. The first-order valence-corrected chi connectivity index (χ1v) is 9.40. The first kappa shape index (κ1) is 18.2. The number of hydrogen-bond donors (Lipinski definition) is 2. The maximum Gasteiger partial charge on any atom is 0.256 e. The molecule has 0 unspecified atom stereocenters. The fourth-order valence-corrected chi connectivity index (χ4v) is 3.33. The number of amides is 1. The van der Waals surface area contributed by atoms with Gasteiger partial charge in [-0.3, -0.25) is 9.89 Å². The lowest BCUT2D eigenvalue weighted by Gasteiger charge is -2.29. The Morgan fingerprint density at radius 2 is 1.89 bits per heavy atom. The first-order chi connectivity index (χ1) is 13.7. The van der Waals surface area contributed by atoms with Crippen LogP contribution in [0.4, 0.5) is 5.69 Å². The van der Waals surface area contributed by atoms with E-state index in [2.05, 4.69) is 32.4 Å². The summed E-state index contributed by atoms with van der Waals surface area (Å²) in [6, 6.07) is 14.8. The minimum absolute atomic E-state index is 0.198. The number of aromatic nitrogens is 3. The standard InChI is InChI=1S/C21H23N5O2/c1-26-12-10-17(11-13-26)28-16-8-6-15(7-9-16)24-21(27)19-5-3-2-4-18(19)20-22-14-23-25-20/h2-9,14,17H,10-13H2,1H3,(H,24,27)(H,22,23,25). The molecule has 0 bridgehead atoms. The lowest BCUT2D eigenvalue weighted by molar-refractivity contribution is 0.102. The lowest BCUT2D eigenvalue weighted by Crippen LogP contribution is -2.35. The van der Waals surface area contributed by atoms with E-state index in [0.29, 0.717) is 22.6 Å². The van der Waals surface area contributed by atoms with Crippen molar-refractivity contribution in [3.8, 4) is 17.1 Å². The van der Waals surface area contributed by atoms with Gasteiger partial charge in [0, 0.05) is 24.3 Å². The highest BCUT2D eigenvalue weighted by Gasteiger charge is 2.18. The second-order valence-electron chi connectivity index (χ2n) is 6.98. The van der Waals surface area contributed by atoms with Gasteiger partial charge in [-0.15, -0.1) is 0 Å². The van der Waals surface area contributed by atoms with Gasteiger partial charge in [-0.25, -0.2) is 4.98 Å². The van der Waals surface area contributed by atoms with Gasteiger partial charge in [0.1, 0.15) is 18.2 Å². The molecule has 3 aromatic rings. The smallest absolute Gasteiger partial charge is 0.256 e. The van der Waals surface area contributed by atoms with Crippen molar-refractivity contribution in [3.05, 3.63) is 60.4 Å². The van der Waals surface area contributed by atoms with Crippen LogP contribution in [0.15, 0.2) is 54.9 Å². The molecule has 0 radical (unpaired) electrons. The van der Waals surface area contributed by atoms with Crippen molar-refractivity contribution < 1.29 is 9.53 Å². The van der Waals surface area contributed by atoms with Crippen LogP contribution >= 0.6 is 0 Å². The Hall–Kier alpha value is -3.19. The third-order valence-corrected chi connectivity index (χ3v) is 4.92. The molecule has 1 aliphatic heterocycles. The summed E-state index contributed by atoms with van der Waals surface area (Å²) >= 11 is 0. The normalized spacial score (nSPS) is 15.3. The van der Waals surface area contributed by atoms with Gasteiger partial charge < -0.3 is 15.0 Å². The van der Waals surface area contributed by atoms with Crippen molar-refractivity contribution in [2.24, 2.45) is 0 Å². The second-order valence-corrected chi connectivity index (χ2v) is 6.98. The van der Waals surface area contributed by atoms with Crippen LogP contribution in [0, 0.1) is 0 Å². The Morgan fingerprint density at radius 1 is 1.14 bits per heavy atom. The quantitative estimate of drug-likeness (QED) is 0.713. The summed E-state index contributed by atoms with van der Waals surface area (Å²) < 4.78 is 6.06. The average Bonchev–Trinajstić information content (AvgIpc) is 3.26. The summed E-state index contributed by atoms with van der Waals surface area (Å²) in [6.07, 6.45) is 3.75. The number of piperidine rings is 1. The van der Waals surface area contributed by atoms with Gasteiger partial charge >= 0.3 is 0 Å². The molecule has 2 N–H and O–H groups in total. The molecule has 0 atom stereocenters. The molecule has 1 aliphatic rings. The molecule has 0 spiro atoms. The van der Waals surface area contributed by atoms with Gasteiger partial charge in [0.25, 0.3) is 5.91 Å². The monoisotopic (exact) mass is 377 g/mol. The largest absolute Gasteiger partial charge is 0.490 e. The number of carbonyl (C=O) groups excluding carboxylic acids is 1. The molecule has 4 rings (SSSR count). The number of H-pyrrole nitrogens is 1. The molecule has 2 heterocycles. The molecule has 0 aliphatic carbocycles. The van der Waals surface area contributed by atoms with Gasteiger partial charge in [0.15, 0.2) is 5.82 Å². The summed E-state index contributed by atoms with van der Waals surface area (Å²) in [4.78, 5) is 19.2. The van der Waals surface area contributed by atoms with Gasteiger partial charge in [0.05, 0.1) is 5.56 Å². The summed E-state index contributed by atoms with van der Waals surface area (Å²) in [5.74, 6) is 1.19. The maximum absolute atomic E-state index is 12.8. The number of nitrogens with one attached hydrogen (secondary N) is 2. The Kier molecular flexibility index (Phi) is 5.34. The molecule has 1 aromatic heterocycles. The third kappa shape index (κ3) is 4.20. The molecule has 144 valence electrons. The van der Waals surface area contributed by atoms with E-state index in [0.717, 1.165) is 31.7 Å². The number of likely N-dealkylation sites (tertiary alicyclic amines) is 1. The number of ether oxygens (including phenoxy) is 1. The summed E-state index contributed by atoms with van der Waals surface area (Å²) in [6.45, 7) is 2.12. The molecule has 0 saturated carbocycles. The fourth-order valence-electron chi connectivity index (χ4n) is 3.33. The number of hydrogen-bond acceptors (Lipinski definition) is 5. The molecule has 1 saturated heterocycles. The van der Waals surface area contributed by atoms with Crippen LogP contribution in [0.5, 0.6) is 5.75 Å². The maximum atomic E-state index is 12.8. The van der Waals surface area contributed by atoms with E-state index in [4.69, 9.17) is 4.74 Å². The minimum Gasteiger partial charge on any atom is -0.490 e. The highest BCUT2D eigenvalue weighted by atomic mass is 16.5. The van der Waals surface area contributed by atoms with Crippen molar-refractivity contribution in [2.75, 3.05) is 25.5 Å². The van der Waals surface area contributed by atoms with Crippen molar-refractivity contribution in [1.29, 1.82) is 0 Å². The predicted molar refractivity (Wildman–Crippen MR) is 107 cm³/mol. The zero-order chi connectivity index (χ0) is 19.3. The number of aromatic amines is 1. The first-order valence-electron chi connectivity index (χ1n) is 9.40. The molecule has 1 amide bonds. The van der Waals surface area contributed by atoms with E-state index in [1.807, 2.05) is 42.5 Å². The van der Waals surface area contributed by atoms with Crippen molar-refractivity contribution in [3.63, 3.8) is 0 Å². The third-order valence-electron chi connectivity index (χ3n) is 4.92. The van der Waals surface area contributed by atoms with Gasteiger partial charge in [-0.2, -0.15) is 5.10 Å². The Bertz CT molecular complexity index is 916. The average molecular weight is 377 g/mol. The second kappa shape index (κ2) is 8.22. The Balaban J connectivity index is 1.42. The van der Waals surface area contributed by atoms with Crippen LogP contribution in [0.1, 0.15) is 23.2 Å². The van der Waals surface area contributed by atoms with Crippen LogP contribution in [-0.2, 0) is 0 Å². The van der Waals surface area contributed by atoms with E-state index < -0.39 is 0 Å². The minimum atomic E-state index is -0.198. The van der Waals surface area contributed by atoms with Gasteiger partial charge in [0.2, 0.25) is 0 Å². The summed E-state index contributed by atoms with van der Waals surface area (Å²) in [5, 5.41) is 9.60. The van der Waals surface area contributed by atoms with E-state index in [9.17, 15) is 4.79 Å². The van der Waals surface area contributed by atoms with Crippen LogP contribution in [0.25, 0.3) is 11.4 Å². The summed E-state index contributed by atoms with van der Waals surface area (Å²) in [5.41, 5.74) is 1.96. The number of anilines is 1. The van der Waals surface area contributed by atoms with Crippen molar-refractivity contribution in [2.45, 2.75) is 18.9 Å². The van der Waals surface area contributed by atoms with Crippen molar-refractivity contribution >= 4 is 11.6 Å². The number of rotatable bonds is 5. The lowest BCUT2D eigenvalue weighted by atomic mass is 10.1. The van der Waals surface area contributed by atoms with Crippen LogP contribution in [0.2, 0.25) is 0 Å². The molecule has 7 heteroatoms. The van der Waals surface area contributed by atoms with E-state index in [1.54, 1.807) is 6.07 Å². The molecular formula is C21H23N5O2. The Morgan fingerprint density at radius 3 is 2.61 bits per heavy atom. The topological polar surface area (TPSA) is 83.1 Å². The Labute approximate surface area is 163 Å². The van der Waals surface area contributed by atoms with E-state index >= 15 is 0 Å². The number of carbonyl (C=O) groups is 1. The van der Waals surface area contributed by atoms with Crippen LogP contribution in [0.3, 0.4) is 0 Å². The number of nitrogens with zero attached hydrogens (tertiary/aromatic N) is 3. The molecule has 28 heavy (non-hydrogen) atoms. The van der Waals surface area contributed by atoms with E-state index in [-0.39, 0.29) is 12.0 Å². The molecule has 2 aromatic carbocycles. The van der Waals surface area contributed by atoms with Crippen LogP contribution < -0.4 is 10.1 Å². The molecular weight excluding hydrogens is 354 g/mol.